The average Bonchev–Trinajstić information content (AvgIpc) is 3.03. The molecule has 0 spiro atoms. The summed E-state index contributed by atoms with van der Waals surface area (Å²) in [5, 5.41) is 6.29. The number of hydrogen-bond acceptors (Lipinski definition) is 5. The van der Waals surface area contributed by atoms with Gasteiger partial charge in [0.05, 0.1) is 12.1 Å². The maximum absolute atomic E-state index is 12.8. The predicted molar refractivity (Wildman–Crippen MR) is 127 cm³/mol. The highest BCUT2D eigenvalue weighted by Crippen LogP contribution is 2.35. The molecule has 0 aromatic heterocycles. The summed E-state index contributed by atoms with van der Waals surface area (Å²) in [6.45, 7) is 3.89. The van der Waals surface area contributed by atoms with Crippen LogP contribution in [-0.4, -0.2) is 48.6 Å². The molecule has 2 N–H and O–H groups in total. The van der Waals surface area contributed by atoms with Crippen molar-refractivity contribution in [3.63, 3.8) is 0 Å². The van der Waals surface area contributed by atoms with Crippen molar-refractivity contribution in [2.45, 2.75) is 66.6 Å². The zero-order chi connectivity index (χ0) is 22.0. The van der Waals surface area contributed by atoms with Crippen LogP contribution >= 0.6 is 23.5 Å². The Morgan fingerprint density at radius 3 is 1.71 bits per heavy atom. The summed E-state index contributed by atoms with van der Waals surface area (Å²) in [6.07, 6.45) is 5.05. The summed E-state index contributed by atoms with van der Waals surface area (Å²) in [4.78, 5) is 15.2. The Kier molecular flexibility index (Phi) is 6.86. The van der Waals surface area contributed by atoms with Gasteiger partial charge in [-0.05, 0) is 74.6 Å². The molecule has 2 heterocycles. The number of carbonyl (C=O) groups excluding carboxylic acids is 1. The van der Waals surface area contributed by atoms with Gasteiger partial charge in [-0.25, -0.2) is 4.79 Å². The summed E-state index contributed by atoms with van der Waals surface area (Å²) in [5.74, 6) is -0.697. The zero-order valence-corrected chi connectivity index (χ0v) is 20.0. The second-order valence-corrected chi connectivity index (χ2v) is 10.3. The molecule has 2 aromatic carbocycles. The molecule has 166 valence electrons. The van der Waals surface area contributed by atoms with E-state index in [1.54, 1.807) is 23.5 Å². The summed E-state index contributed by atoms with van der Waals surface area (Å²) >= 11 is 3.43. The first-order chi connectivity index (χ1) is 14.9. The Morgan fingerprint density at radius 1 is 0.839 bits per heavy atom. The van der Waals surface area contributed by atoms with Gasteiger partial charge in [0.1, 0.15) is 12.2 Å². The number of fused-ring (bicyclic) bond motifs is 1. The van der Waals surface area contributed by atoms with Crippen molar-refractivity contribution >= 4 is 29.6 Å². The molecule has 7 heteroatoms. The minimum atomic E-state index is -0.697. The van der Waals surface area contributed by atoms with Crippen LogP contribution in [-0.2, 0) is 22.3 Å². The number of thioether (sulfide) groups is 2. The summed E-state index contributed by atoms with van der Waals surface area (Å²) in [6, 6.07) is 16.4. The van der Waals surface area contributed by atoms with E-state index in [0.29, 0.717) is 12.8 Å². The van der Waals surface area contributed by atoms with Crippen LogP contribution in [0.4, 0.5) is 4.79 Å². The molecule has 0 unspecified atom stereocenters. The number of hydrogen-bond donors (Lipinski definition) is 2. The highest BCUT2D eigenvalue weighted by atomic mass is 32.2. The first-order valence-corrected chi connectivity index (χ1v) is 13.0. The number of benzene rings is 2. The number of rotatable bonds is 6. The summed E-state index contributed by atoms with van der Waals surface area (Å²) in [7, 11) is 0. The topological polar surface area (TPSA) is 59.6 Å². The molecule has 0 bridgehead atoms. The normalized spacial score (nSPS) is 27.2. The van der Waals surface area contributed by atoms with E-state index in [4.69, 9.17) is 9.47 Å². The van der Waals surface area contributed by atoms with Crippen molar-refractivity contribution in [2.24, 2.45) is 0 Å². The number of ether oxygens (including phenoxy) is 2. The Morgan fingerprint density at radius 2 is 1.29 bits per heavy atom. The van der Waals surface area contributed by atoms with E-state index < -0.39 is 5.79 Å². The predicted octanol–water partition coefficient (Wildman–Crippen LogP) is 4.49. The zero-order valence-electron chi connectivity index (χ0n) is 18.4. The lowest BCUT2D eigenvalue weighted by molar-refractivity contribution is -0.150. The fourth-order valence-electron chi connectivity index (χ4n) is 4.42. The Labute approximate surface area is 193 Å². The van der Waals surface area contributed by atoms with Gasteiger partial charge in [0.2, 0.25) is 0 Å². The first kappa shape index (κ1) is 22.5. The van der Waals surface area contributed by atoms with Crippen molar-refractivity contribution in [1.82, 2.24) is 10.6 Å². The summed E-state index contributed by atoms with van der Waals surface area (Å²) in [5.41, 5.74) is 2.35. The third-order valence-electron chi connectivity index (χ3n) is 5.77. The van der Waals surface area contributed by atoms with E-state index in [1.807, 2.05) is 13.8 Å². The standard InChI is InChI=1S/C24H30N2O3S2/c1-24(2)28-21-19(13-15-7-5-9-17(11-15)30-3)25-23(27)26-20(22(21)29-24)14-16-8-6-10-18(12-16)31-4/h5-12,19-22H,13-14H2,1-4H3,(H2,25,26,27)/t19-,20-,21+,22+/m1/s1. The monoisotopic (exact) mass is 458 g/mol. The molecule has 31 heavy (non-hydrogen) atoms. The van der Waals surface area contributed by atoms with Crippen molar-refractivity contribution in [3.05, 3.63) is 59.7 Å². The van der Waals surface area contributed by atoms with Crippen LogP contribution in [0.1, 0.15) is 25.0 Å². The molecule has 0 aliphatic carbocycles. The molecule has 0 radical (unpaired) electrons. The van der Waals surface area contributed by atoms with Gasteiger partial charge < -0.3 is 20.1 Å². The minimum Gasteiger partial charge on any atom is -0.342 e. The molecule has 2 fully saturated rings. The van der Waals surface area contributed by atoms with Gasteiger partial charge in [0.25, 0.3) is 0 Å². The fourth-order valence-corrected chi connectivity index (χ4v) is 5.39. The average molecular weight is 459 g/mol. The van der Waals surface area contributed by atoms with Gasteiger partial charge in [0, 0.05) is 9.79 Å². The van der Waals surface area contributed by atoms with Crippen LogP contribution in [0.2, 0.25) is 0 Å². The minimum absolute atomic E-state index is 0.170. The molecular formula is C24H30N2O3S2. The Balaban J connectivity index is 1.59. The van der Waals surface area contributed by atoms with Gasteiger partial charge in [0.15, 0.2) is 5.79 Å². The second kappa shape index (κ2) is 9.45. The molecule has 2 saturated heterocycles. The van der Waals surface area contributed by atoms with E-state index in [1.165, 1.54) is 20.9 Å². The highest BCUT2D eigenvalue weighted by Gasteiger charge is 2.50. The van der Waals surface area contributed by atoms with E-state index in [0.717, 1.165) is 0 Å². The Hall–Kier alpha value is -1.67. The number of amides is 2. The van der Waals surface area contributed by atoms with Crippen LogP contribution in [0.3, 0.4) is 0 Å². The lowest BCUT2D eigenvalue weighted by Crippen LogP contribution is -2.47. The van der Waals surface area contributed by atoms with E-state index >= 15 is 0 Å². The van der Waals surface area contributed by atoms with Crippen molar-refractivity contribution in [2.75, 3.05) is 12.5 Å². The molecular weight excluding hydrogens is 428 g/mol. The Bertz CT molecular complexity index is 865. The molecule has 2 aromatic rings. The second-order valence-electron chi connectivity index (χ2n) is 8.51. The third kappa shape index (κ3) is 5.40. The largest absolute Gasteiger partial charge is 0.342 e. The molecule has 5 nitrogen and oxygen atoms in total. The van der Waals surface area contributed by atoms with Crippen LogP contribution in [0.5, 0.6) is 0 Å². The van der Waals surface area contributed by atoms with Crippen LogP contribution in [0.25, 0.3) is 0 Å². The maximum atomic E-state index is 12.8. The molecule has 4 rings (SSSR count). The van der Waals surface area contributed by atoms with Gasteiger partial charge in [-0.2, -0.15) is 0 Å². The van der Waals surface area contributed by atoms with Crippen LogP contribution in [0, 0.1) is 0 Å². The van der Waals surface area contributed by atoms with E-state index in [-0.39, 0.29) is 30.3 Å². The molecule has 0 saturated carbocycles. The van der Waals surface area contributed by atoms with Gasteiger partial charge in [-0.3, -0.25) is 0 Å². The number of nitrogens with one attached hydrogen (secondary N) is 2. The molecule has 2 aliphatic heterocycles. The van der Waals surface area contributed by atoms with E-state index in [9.17, 15) is 4.79 Å². The number of carbonyl (C=O) groups is 1. The maximum Gasteiger partial charge on any atom is 0.315 e. The lowest BCUT2D eigenvalue weighted by Gasteiger charge is -2.26. The quantitative estimate of drug-likeness (QED) is 0.625. The van der Waals surface area contributed by atoms with Gasteiger partial charge in [-0.15, -0.1) is 23.5 Å². The summed E-state index contributed by atoms with van der Waals surface area (Å²) < 4.78 is 12.7. The van der Waals surface area contributed by atoms with Crippen LogP contribution in [0.15, 0.2) is 58.3 Å². The van der Waals surface area contributed by atoms with Crippen LogP contribution < -0.4 is 10.6 Å². The smallest absolute Gasteiger partial charge is 0.315 e. The first-order valence-electron chi connectivity index (χ1n) is 10.6. The van der Waals surface area contributed by atoms with Crippen molar-refractivity contribution in [3.8, 4) is 0 Å². The van der Waals surface area contributed by atoms with E-state index in [2.05, 4.69) is 71.7 Å². The SMILES string of the molecule is CSc1cccc(C[C@H]2NC(=O)N[C@H](Cc3cccc(SC)c3)[C@@H]3OC(C)(C)O[C@H]32)c1. The highest BCUT2D eigenvalue weighted by molar-refractivity contribution is 7.98. The third-order valence-corrected chi connectivity index (χ3v) is 7.22. The fraction of sp³-hybridized carbons (Fsp3) is 0.458. The molecule has 4 atom stereocenters. The number of urea groups is 1. The molecule has 2 aliphatic rings. The van der Waals surface area contributed by atoms with Crippen molar-refractivity contribution < 1.29 is 14.3 Å². The van der Waals surface area contributed by atoms with Gasteiger partial charge >= 0.3 is 6.03 Å². The van der Waals surface area contributed by atoms with Crippen molar-refractivity contribution in [1.29, 1.82) is 0 Å². The molecule has 2 amide bonds. The van der Waals surface area contributed by atoms with Gasteiger partial charge in [-0.1, -0.05) is 24.3 Å². The lowest BCUT2D eigenvalue weighted by atomic mass is 9.92.